The average Bonchev–Trinajstić information content (AvgIpc) is 2.78. The highest BCUT2D eigenvalue weighted by Crippen LogP contribution is 2.17. The van der Waals surface area contributed by atoms with Gasteiger partial charge in [0.05, 0.1) is 32.6 Å². The third kappa shape index (κ3) is 6.04. The van der Waals surface area contributed by atoms with Crippen molar-refractivity contribution in [2.45, 2.75) is 19.9 Å². The predicted octanol–water partition coefficient (Wildman–Crippen LogP) is 4.09. The van der Waals surface area contributed by atoms with Crippen molar-refractivity contribution < 1.29 is 18.9 Å². The van der Waals surface area contributed by atoms with Crippen molar-refractivity contribution in [1.29, 1.82) is 0 Å². The summed E-state index contributed by atoms with van der Waals surface area (Å²) in [6.07, 6.45) is 2.45. The van der Waals surface area contributed by atoms with E-state index in [-0.39, 0.29) is 5.43 Å². The van der Waals surface area contributed by atoms with Crippen LogP contribution in [0.3, 0.4) is 0 Å². The number of aromatic nitrogens is 1. The van der Waals surface area contributed by atoms with E-state index in [0.717, 1.165) is 22.9 Å². The third-order valence-electron chi connectivity index (χ3n) is 4.60. The Morgan fingerprint density at radius 3 is 2.13 bits per heavy atom. The molecule has 3 rings (SSSR count). The van der Waals surface area contributed by atoms with Gasteiger partial charge in [-0.25, -0.2) is 0 Å². The largest absolute Gasteiger partial charge is 0.497 e. The fraction of sp³-hybridized carbons (Fsp3) is 0.292. The van der Waals surface area contributed by atoms with E-state index in [0.29, 0.717) is 38.5 Å². The molecular weight excluding hydrogens is 382 g/mol. The molecule has 0 unspecified atom stereocenters. The second-order valence-corrected chi connectivity index (χ2v) is 6.68. The number of rotatable bonds is 11. The van der Waals surface area contributed by atoms with E-state index in [2.05, 4.69) is 0 Å². The number of ether oxygens (including phenoxy) is 4. The van der Waals surface area contributed by atoms with Crippen LogP contribution in [0, 0.1) is 6.92 Å². The topological polar surface area (TPSA) is 58.9 Å². The molecule has 1 heterocycles. The van der Waals surface area contributed by atoms with E-state index in [1.165, 1.54) is 6.07 Å². The molecule has 158 valence electrons. The maximum Gasteiger partial charge on any atom is 0.223 e. The SMILES string of the molecule is COc1ccc(OCCn2ccc(=O)c(OCCCOc3ccccc3)c2C)cc1. The molecule has 6 heteroatoms. The van der Waals surface area contributed by atoms with Crippen LogP contribution >= 0.6 is 0 Å². The fourth-order valence-corrected chi connectivity index (χ4v) is 2.95. The summed E-state index contributed by atoms with van der Waals surface area (Å²) < 4.78 is 24.3. The van der Waals surface area contributed by atoms with Gasteiger partial charge >= 0.3 is 0 Å². The van der Waals surface area contributed by atoms with Crippen molar-refractivity contribution >= 4 is 0 Å². The second kappa shape index (κ2) is 11.0. The number of methoxy groups -OCH3 is 1. The van der Waals surface area contributed by atoms with Crippen molar-refractivity contribution in [3.05, 3.63) is 82.8 Å². The molecule has 0 aliphatic carbocycles. The van der Waals surface area contributed by atoms with E-state index in [1.54, 1.807) is 13.3 Å². The number of hydrogen-bond donors (Lipinski definition) is 0. The van der Waals surface area contributed by atoms with Gasteiger partial charge in [0.2, 0.25) is 5.43 Å². The second-order valence-electron chi connectivity index (χ2n) is 6.68. The highest BCUT2D eigenvalue weighted by atomic mass is 16.5. The molecule has 2 aromatic carbocycles. The minimum absolute atomic E-state index is 0.121. The Labute approximate surface area is 176 Å². The quantitative estimate of drug-likeness (QED) is 0.447. The Morgan fingerprint density at radius 1 is 0.767 bits per heavy atom. The van der Waals surface area contributed by atoms with E-state index in [9.17, 15) is 4.79 Å². The Balaban J connectivity index is 1.48. The zero-order valence-electron chi connectivity index (χ0n) is 17.4. The zero-order chi connectivity index (χ0) is 21.2. The first-order valence-corrected chi connectivity index (χ1v) is 9.95. The van der Waals surface area contributed by atoms with Crippen LogP contribution in [0.25, 0.3) is 0 Å². The average molecular weight is 409 g/mol. The lowest BCUT2D eigenvalue weighted by Gasteiger charge is -2.15. The van der Waals surface area contributed by atoms with Gasteiger partial charge in [-0.15, -0.1) is 0 Å². The van der Waals surface area contributed by atoms with Gasteiger partial charge in [0.25, 0.3) is 0 Å². The lowest BCUT2D eigenvalue weighted by Crippen LogP contribution is -2.18. The van der Waals surface area contributed by atoms with E-state index in [4.69, 9.17) is 18.9 Å². The van der Waals surface area contributed by atoms with Crippen LogP contribution in [0.5, 0.6) is 23.0 Å². The van der Waals surface area contributed by atoms with Gasteiger partial charge in [-0.2, -0.15) is 0 Å². The highest BCUT2D eigenvalue weighted by Gasteiger charge is 2.09. The van der Waals surface area contributed by atoms with Gasteiger partial charge in [-0.05, 0) is 43.3 Å². The first kappa shape index (κ1) is 21.3. The molecule has 0 atom stereocenters. The monoisotopic (exact) mass is 409 g/mol. The van der Waals surface area contributed by atoms with Gasteiger partial charge in [-0.1, -0.05) is 18.2 Å². The molecule has 3 aromatic rings. The van der Waals surface area contributed by atoms with Crippen molar-refractivity contribution in [3.63, 3.8) is 0 Å². The highest BCUT2D eigenvalue weighted by molar-refractivity contribution is 5.31. The van der Waals surface area contributed by atoms with Gasteiger partial charge in [0.15, 0.2) is 5.75 Å². The summed E-state index contributed by atoms with van der Waals surface area (Å²) in [5.74, 6) is 2.76. The lowest BCUT2D eigenvalue weighted by atomic mass is 10.3. The molecule has 0 radical (unpaired) electrons. The molecular formula is C24H27NO5. The zero-order valence-corrected chi connectivity index (χ0v) is 17.4. The number of benzene rings is 2. The van der Waals surface area contributed by atoms with Crippen LogP contribution in [0.2, 0.25) is 0 Å². The maximum absolute atomic E-state index is 12.2. The molecule has 0 fully saturated rings. The maximum atomic E-state index is 12.2. The molecule has 0 saturated carbocycles. The first-order chi connectivity index (χ1) is 14.7. The lowest BCUT2D eigenvalue weighted by molar-refractivity contribution is 0.242. The van der Waals surface area contributed by atoms with Crippen LogP contribution in [0.1, 0.15) is 12.1 Å². The summed E-state index contributed by atoms with van der Waals surface area (Å²) >= 11 is 0. The van der Waals surface area contributed by atoms with Crippen molar-refractivity contribution in [1.82, 2.24) is 4.57 Å². The van der Waals surface area contributed by atoms with Crippen LogP contribution in [-0.2, 0) is 6.54 Å². The number of hydrogen-bond acceptors (Lipinski definition) is 5. The summed E-state index contributed by atoms with van der Waals surface area (Å²) in [6, 6.07) is 18.6. The number of para-hydroxylation sites is 1. The van der Waals surface area contributed by atoms with E-state index < -0.39 is 0 Å². The third-order valence-corrected chi connectivity index (χ3v) is 4.60. The predicted molar refractivity (Wildman–Crippen MR) is 116 cm³/mol. The van der Waals surface area contributed by atoms with Crippen LogP contribution in [-0.4, -0.2) is 31.5 Å². The molecule has 0 amide bonds. The van der Waals surface area contributed by atoms with Crippen molar-refractivity contribution in [2.24, 2.45) is 0 Å². The minimum Gasteiger partial charge on any atom is -0.497 e. The number of nitrogens with zero attached hydrogens (tertiary/aromatic N) is 1. The Kier molecular flexibility index (Phi) is 7.78. The Bertz CT molecular complexity index is 967. The van der Waals surface area contributed by atoms with Crippen LogP contribution in [0.4, 0.5) is 0 Å². The summed E-state index contributed by atoms with van der Waals surface area (Å²) in [4.78, 5) is 12.2. The summed E-state index contributed by atoms with van der Waals surface area (Å²) in [6.45, 7) is 3.89. The molecule has 30 heavy (non-hydrogen) atoms. The smallest absolute Gasteiger partial charge is 0.223 e. The molecule has 0 spiro atoms. The van der Waals surface area contributed by atoms with E-state index in [1.807, 2.05) is 66.1 Å². The van der Waals surface area contributed by atoms with Gasteiger partial charge in [0, 0.05) is 18.7 Å². The van der Waals surface area contributed by atoms with Gasteiger partial charge in [0.1, 0.15) is 23.9 Å². The standard InChI is InChI=1S/C24H27NO5/c1-19-24(30-17-6-16-28-21-7-4-3-5-8-21)23(26)13-14-25(19)15-18-29-22-11-9-20(27-2)10-12-22/h3-5,7-14H,6,15-18H2,1-2H3. The van der Waals surface area contributed by atoms with E-state index >= 15 is 0 Å². The van der Waals surface area contributed by atoms with Crippen molar-refractivity contribution in [2.75, 3.05) is 26.9 Å². The molecule has 6 nitrogen and oxygen atoms in total. The number of pyridine rings is 1. The summed E-state index contributed by atoms with van der Waals surface area (Å²) in [5.41, 5.74) is 0.661. The molecule has 0 aliphatic rings. The molecule has 0 bridgehead atoms. The van der Waals surface area contributed by atoms with Gasteiger partial charge < -0.3 is 23.5 Å². The molecule has 0 N–H and O–H groups in total. The first-order valence-electron chi connectivity index (χ1n) is 9.95. The molecule has 0 aliphatic heterocycles. The minimum atomic E-state index is -0.121. The normalized spacial score (nSPS) is 10.5. The molecule has 0 saturated heterocycles. The fourth-order valence-electron chi connectivity index (χ4n) is 2.95. The Morgan fingerprint density at radius 2 is 1.40 bits per heavy atom. The summed E-state index contributed by atoms with van der Waals surface area (Å²) in [7, 11) is 1.63. The molecule has 1 aromatic heterocycles. The van der Waals surface area contributed by atoms with Gasteiger partial charge in [-0.3, -0.25) is 4.79 Å². The van der Waals surface area contributed by atoms with Crippen LogP contribution < -0.4 is 24.4 Å². The van der Waals surface area contributed by atoms with Crippen molar-refractivity contribution in [3.8, 4) is 23.0 Å². The Hall–Kier alpha value is -3.41. The van der Waals surface area contributed by atoms with Crippen LogP contribution in [0.15, 0.2) is 71.7 Å². The summed E-state index contributed by atoms with van der Waals surface area (Å²) in [5, 5.41) is 0.